The number of quaternary nitrogens is 1. The molecule has 0 spiro atoms. The lowest BCUT2D eigenvalue weighted by Crippen LogP contribution is -3.13. The van der Waals surface area contributed by atoms with Gasteiger partial charge in [0.15, 0.2) is 0 Å². The summed E-state index contributed by atoms with van der Waals surface area (Å²) in [4.78, 5) is 1.52. The lowest BCUT2D eigenvalue weighted by atomic mass is 10.1. The SMILES string of the molecule is O[C@@H](COc1ccc(-c2ccccc2)cc1)C[NH+]1CCCCCC1. The van der Waals surface area contributed by atoms with Gasteiger partial charge in [0, 0.05) is 0 Å². The minimum absolute atomic E-state index is 0.369. The summed E-state index contributed by atoms with van der Waals surface area (Å²) in [5, 5.41) is 10.2. The van der Waals surface area contributed by atoms with Gasteiger partial charge in [-0.3, -0.25) is 0 Å². The third-order valence-electron chi connectivity index (χ3n) is 4.74. The molecule has 3 nitrogen and oxygen atoms in total. The molecule has 1 aliphatic rings. The lowest BCUT2D eigenvalue weighted by molar-refractivity contribution is -0.902. The van der Waals surface area contributed by atoms with E-state index in [0.29, 0.717) is 6.61 Å². The number of likely N-dealkylation sites (tertiary alicyclic amines) is 1. The predicted molar refractivity (Wildman–Crippen MR) is 97.4 cm³/mol. The zero-order valence-corrected chi connectivity index (χ0v) is 14.3. The minimum atomic E-state index is -0.396. The Labute approximate surface area is 144 Å². The molecule has 0 amide bonds. The molecule has 1 fully saturated rings. The second-order valence-corrected chi connectivity index (χ2v) is 6.72. The molecular formula is C21H28NO2+. The van der Waals surface area contributed by atoms with Gasteiger partial charge in [0.1, 0.15) is 25.0 Å². The van der Waals surface area contributed by atoms with Crippen molar-refractivity contribution in [2.75, 3.05) is 26.2 Å². The smallest absolute Gasteiger partial charge is 0.137 e. The molecule has 1 saturated heterocycles. The summed E-state index contributed by atoms with van der Waals surface area (Å²) in [6.07, 6.45) is 4.84. The van der Waals surface area contributed by atoms with Gasteiger partial charge >= 0.3 is 0 Å². The summed E-state index contributed by atoms with van der Waals surface area (Å²) in [5.41, 5.74) is 2.38. The van der Waals surface area contributed by atoms with Gasteiger partial charge in [0.2, 0.25) is 0 Å². The number of benzene rings is 2. The first-order valence-corrected chi connectivity index (χ1v) is 9.11. The molecule has 3 heteroatoms. The van der Waals surface area contributed by atoms with Crippen LogP contribution in [0.3, 0.4) is 0 Å². The molecule has 0 aliphatic carbocycles. The van der Waals surface area contributed by atoms with Gasteiger partial charge in [-0.2, -0.15) is 0 Å². The number of ether oxygens (including phenoxy) is 1. The normalized spacial score (nSPS) is 17.2. The first kappa shape index (κ1) is 17.0. The van der Waals surface area contributed by atoms with Gasteiger partial charge in [-0.05, 0) is 48.9 Å². The van der Waals surface area contributed by atoms with Crippen LogP contribution in [0.15, 0.2) is 54.6 Å². The first-order valence-electron chi connectivity index (χ1n) is 9.11. The third-order valence-corrected chi connectivity index (χ3v) is 4.74. The first-order chi connectivity index (χ1) is 11.8. The zero-order chi connectivity index (χ0) is 16.6. The van der Waals surface area contributed by atoms with Crippen molar-refractivity contribution in [3.63, 3.8) is 0 Å². The van der Waals surface area contributed by atoms with Gasteiger partial charge in [-0.1, -0.05) is 42.5 Å². The maximum absolute atomic E-state index is 10.2. The molecule has 2 aromatic carbocycles. The molecule has 2 N–H and O–H groups in total. The van der Waals surface area contributed by atoms with E-state index in [1.807, 2.05) is 30.3 Å². The van der Waals surface area contributed by atoms with Crippen LogP contribution in [0.4, 0.5) is 0 Å². The van der Waals surface area contributed by atoms with Crippen molar-refractivity contribution in [3.8, 4) is 16.9 Å². The summed E-state index contributed by atoms with van der Waals surface area (Å²) >= 11 is 0. The van der Waals surface area contributed by atoms with Crippen LogP contribution >= 0.6 is 0 Å². The molecule has 0 unspecified atom stereocenters. The monoisotopic (exact) mass is 326 g/mol. The van der Waals surface area contributed by atoms with Gasteiger partial charge in [0.25, 0.3) is 0 Å². The minimum Gasteiger partial charge on any atom is -0.491 e. The maximum Gasteiger partial charge on any atom is 0.137 e. The molecule has 24 heavy (non-hydrogen) atoms. The number of hydrogen-bond donors (Lipinski definition) is 2. The Bertz CT molecular complexity index is 589. The van der Waals surface area contributed by atoms with Gasteiger partial charge in [-0.15, -0.1) is 0 Å². The van der Waals surface area contributed by atoms with Crippen molar-refractivity contribution in [1.29, 1.82) is 0 Å². The van der Waals surface area contributed by atoms with Gasteiger partial charge < -0.3 is 14.7 Å². The van der Waals surface area contributed by atoms with Gasteiger partial charge in [-0.25, -0.2) is 0 Å². The molecule has 2 aromatic rings. The highest BCUT2D eigenvalue weighted by atomic mass is 16.5. The van der Waals surface area contributed by atoms with E-state index in [2.05, 4.69) is 24.3 Å². The largest absolute Gasteiger partial charge is 0.491 e. The lowest BCUT2D eigenvalue weighted by Gasteiger charge is -2.20. The van der Waals surface area contributed by atoms with E-state index in [9.17, 15) is 5.11 Å². The number of rotatable bonds is 6. The average Bonchev–Trinajstić information content (AvgIpc) is 2.90. The number of hydrogen-bond acceptors (Lipinski definition) is 2. The van der Waals surface area contributed by atoms with Crippen LogP contribution < -0.4 is 9.64 Å². The maximum atomic E-state index is 10.2. The van der Waals surface area contributed by atoms with Crippen molar-refractivity contribution < 1.29 is 14.7 Å². The number of aliphatic hydroxyl groups is 1. The van der Waals surface area contributed by atoms with Crippen LogP contribution in [0.1, 0.15) is 25.7 Å². The highest BCUT2D eigenvalue weighted by Crippen LogP contribution is 2.22. The van der Waals surface area contributed by atoms with Crippen LogP contribution in [-0.2, 0) is 0 Å². The van der Waals surface area contributed by atoms with E-state index in [1.54, 1.807) is 0 Å². The number of nitrogens with one attached hydrogen (secondary N) is 1. The molecule has 0 aromatic heterocycles. The van der Waals surface area contributed by atoms with Crippen LogP contribution in [-0.4, -0.2) is 37.5 Å². The molecule has 1 heterocycles. The Morgan fingerprint density at radius 2 is 1.46 bits per heavy atom. The quantitative estimate of drug-likeness (QED) is 0.855. The molecular weight excluding hydrogens is 298 g/mol. The van der Waals surface area contributed by atoms with Crippen molar-refractivity contribution in [2.24, 2.45) is 0 Å². The molecule has 0 radical (unpaired) electrons. The summed E-state index contributed by atoms with van der Waals surface area (Å²) in [7, 11) is 0. The van der Waals surface area contributed by atoms with E-state index < -0.39 is 6.10 Å². The summed E-state index contributed by atoms with van der Waals surface area (Å²) < 4.78 is 5.77. The summed E-state index contributed by atoms with van der Waals surface area (Å²) in [6, 6.07) is 18.4. The van der Waals surface area contributed by atoms with Crippen molar-refractivity contribution in [2.45, 2.75) is 31.8 Å². The van der Waals surface area contributed by atoms with Crippen LogP contribution in [0, 0.1) is 0 Å². The molecule has 128 valence electrons. The van der Waals surface area contributed by atoms with Crippen LogP contribution in [0.2, 0.25) is 0 Å². The average molecular weight is 326 g/mol. The predicted octanol–water partition coefficient (Wildman–Crippen LogP) is 2.55. The van der Waals surface area contributed by atoms with E-state index in [4.69, 9.17) is 4.74 Å². The highest BCUT2D eigenvalue weighted by molar-refractivity contribution is 5.63. The van der Waals surface area contributed by atoms with Crippen LogP contribution in [0.25, 0.3) is 11.1 Å². The topological polar surface area (TPSA) is 33.9 Å². The molecule has 0 saturated carbocycles. The second kappa shape index (κ2) is 8.86. The number of aliphatic hydroxyl groups excluding tert-OH is 1. The summed E-state index contributed by atoms with van der Waals surface area (Å²) in [5.74, 6) is 0.819. The molecule has 1 atom stereocenters. The fourth-order valence-corrected chi connectivity index (χ4v) is 3.39. The summed E-state index contributed by atoms with van der Waals surface area (Å²) in [6.45, 7) is 3.53. The third kappa shape index (κ3) is 5.08. The van der Waals surface area contributed by atoms with E-state index in [0.717, 1.165) is 12.3 Å². The Morgan fingerprint density at radius 1 is 0.833 bits per heavy atom. The van der Waals surface area contributed by atoms with Crippen molar-refractivity contribution in [1.82, 2.24) is 0 Å². The van der Waals surface area contributed by atoms with E-state index in [-0.39, 0.29) is 0 Å². The Morgan fingerprint density at radius 3 is 2.12 bits per heavy atom. The van der Waals surface area contributed by atoms with Crippen molar-refractivity contribution in [3.05, 3.63) is 54.6 Å². The fraction of sp³-hybridized carbons (Fsp3) is 0.429. The van der Waals surface area contributed by atoms with E-state index >= 15 is 0 Å². The molecule has 0 bridgehead atoms. The Kier molecular flexibility index (Phi) is 6.27. The van der Waals surface area contributed by atoms with Gasteiger partial charge in [0.05, 0.1) is 13.1 Å². The second-order valence-electron chi connectivity index (χ2n) is 6.72. The zero-order valence-electron chi connectivity index (χ0n) is 14.3. The van der Waals surface area contributed by atoms with Crippen molar-refractivity contribution >= 4 is 0 Å². The van der Waals surface area contributed by atoms with Crippen LogP contribution in [0.5, 0.6) is 5.75 Å². The molecule has 3 rings (SSSR count). The van der Waals surface area contributed by atoms with E-state index in [1.165, 1.54) is 54.8 Å². The Balaban J connectivity index is 1.47. The standard InChI is InChI=1S/C21H27NO2/c23-20(16-22-14-6-1-2-7-15-22)17-24-21-12-10-19(11-13-21)18-8-4-3-5-9-18/h3-5,8-13,20,23H,1-2,6-7,14-17H2/p+1/t20-/m1/s1. The molecule has 1 aliphatic heterocycles. The highest BCUT2D eigenvalue weighted by Gasteiger charge is 2.17. The Hall–Kier alpha value is -1.84. The fourth-order valence-electron chi connectivity index (χ4n) is 3.39.